The Morgan fingerprint density at radius 2 is 2.00 bits per heavy atom. The average molecular weight is 276 g/mol. The molecule has 1 aliphatic rings. The summed E-state index contributed by atoms with van der Waals surface area (Å²) in [6.45, 7) is 5.53. The third-order valence-electron chi connectivity index (χ3n) is 3.63. The van der Waals surface area contributed by atoms with Crippen molar-refractivity contribution in [2.45, 2.75) is 32.1 Å². The number of hydrogen-bond acceptors (Lipinski definition) is 5. The largest absolute Gasteiger partial charge is 0.481 e. The van der Waals surface area contributed by atoms with Crippen molar-refractivity contribution in [2.75, 3.05) is 12.9 Å². The van der Waals surface area contributed by atoms with Gasteiger partial charge in [0, 0.05) is 5.92 Å². The lowest BCUT2D eigenvalue weighted by molar-refractivity contribution is -0.145. The molecule has 104 valence electrons. The standard InChI is InChI=1S/C12H20O5S/c1-5-17-11(16)9(18-4)8(13)6-7(10(14)15)12(6,2)3/h6-9,13H,5H2,1-4H3,(H,14,15)/t6-,7+,8?,9?/m0/s1. The lowest BCUT2D eigenvalue weighted by Gasteiger charge is -2.20. The number of ether oxygens (including phenoxy) is 1. The van der Waals surface area contributed by atoms with E-state index >= 15 is 0 Å². The first kappa shape index (κ1) is 15.3. The molecule has 0 spiro atoms. The normalized spacial score (nSPS) is 28.3. The van der Waals surface area contributed by atoms with Crippen LogP contribution in [-0.4, -0.2) is 46.4 Å². The van der Waals surface area contributed by atoms with Gasteiger partial charge in [0.2, 0.25) is 0 Å². The molecule has 5 nitrogen and oxygen atoms in total. The number of carbonyl (C=O) groups excluding carboxylic acids is 1. The number of carboxylic acids is 1. The molecule has 0 saturated heterocycles. The van der Waals surface area contributed by atoms with Crippen LogP contribution in [0.2, 0.25) is 0 Å². The lowest BCUT2D eigenvalue weighted by atomic mass is 10.0. The molecular weight excluding hydrogens is 256 g/mol. The highest BCUT2D eigenvalue weighted by molar-refractivity contribution is 7.99. The van der Waals surface area contributed by atoms with E-state index in [9.17, 15) is 14.7 Å². The van der Waals surface area contributed by atoms with Crippen molar-refractivity contribution in [1.29, 1.82) is 0 Å². The Balaban J connectivity index is 2.78. The molecule has 0 heterocycles. The summed E-state index contributed by atoms with van der Waals surface area (Å²) in [6, 6.07) is 0. The maximum absolute atomic E-state index is 11.7. The Morgan fingerprint density at radius 3 is 2.33 bits per heavy atom. The minimum absolute atomic E-state index is 0.249. The van der Waals surface area contributed by atoms with Crippen molar-refractivity contribution in [3.63, 3.8) is 0 Å². The number of hydrogen-bond donors (Lipinski definition) is 2. The van der Waals surface area contributed by atoms with Gasteiger partial charge in [-0.2, -0.15) is 0 Å². The molecule has 0 bridgehead atoms. The SMILES string of the molecule is CCOC(=O)C(SC)C(O)[C@@H]1[C@H](C(=O)O)C1(C)C. The van der Waals surface area contributed by atoms with E-state index < -0.39 is 40.5 Å². The Hall–Kier alpha value is -0.750. The van der Waals surface area contributed by atoms with Crippen LogP contribution in [0.5, 0.6) is 0 Å². The molecule has 1 aliphatic carbocycles. The van der Waals surface area contributed by atoms with Gasteiger partial charge in [-0.05, 0) is 18.6 Å². The third kappa shape index (κ3) is 2.64. The highest BCUT2D eigenvalue weighted by Crippen LogP contribution is 2.61. The molecule has 0 amide bonds. The van der Waals surface area contributed by atoms with Crippen LogP contribution in [0.15, 0.2) is 0 Å². The second-order valence-electron chi connectivity index (χ2n) is 5.06. The minimum atomic E-state index is -0.991. The van der Waals surface area contributed by atoms with Gasteiger partial charge in [0.1, 0.15) is 5.25 Å². The van der Waals surface area contributed by atoms with Crippen molar-refractivity contribution in [3.8, 4) is 0 Å². The van der Waals surface area contributed by atoms with E-state index in [1.54, 1.807) is 27.0 Å². The fourth-order valence-electron chi connectivity index (χ4n) is 2.57. The van der Waals surface area contributed by atoms with E-state index in [0.717, 1.165) is 0 Å². The first-order valence-corrected chi connectivity index (χ1v) is 7.18. The molecule has 0 radical (unpaired) electrons. The molecule has 4 atom stereocenters. The Kier molecular flexibility index (Phi) is 4.66. The van der Waals surface area contributed by atoms with Gasteiger partial charge in [0.05, 0.1) is 18.6 Å². The maximum Gasteiger partial charge on any atom is 0.321 e. The zero-order valence-corrected chi connectivity index (χ0v) is 11.9. The predicted octanol–water partition coefficient (Wildman–Crippen LogP) is 0.999. The molecule has 0 aromatic carbocycles. The van der Waals surface area contributed by atoms with Gasteiger partial charge in [-0.3, -0.25) is 9.59 Å². The first-order valence-electron chi connectivity index (χ1n) is 5.89. The van der Waals surface area contributed by atoms with E-state index in [1.165, 1.54) is 11.8 Å². The quantitative estimate of drug-likeness (QED) is 0.704. The van der Waals surface area contributed by atoms with Gasteiger partial charge in [-0.1, -0.05) is 13.8 Å². The number of thioether (sulfide) groups is 1. The van der Waals surface area contributed by atoms with Crippen LogP contribution in [0.25, 0.3) is 0 Å². The molecule has 0 aromatic rings. The second kappa shape index (κ2) is 5.48. The number of rotatable bonds is 6. The van der Waals surface area contributed by atoms with Crippen molar-refractivity contribution < 1.29 is 24.5 Å². The highest BCUT2D eigenvalue weighted by Gasteiger charge is 2.66. The summed E-state index contributed by atoms with van der Waals surface area (Å²) in [7, 11) is 0. The molecule has 1 rings (SSSR count). The summed E-state index contributed by atoms with van der Waals surface area (Å²) in [5.41, 5.74) is -0.480. The van der Waals surface area contributed by atoms with Gasteiger partial charge >= 0.3 is 11.9 Å². The van der Waals surface area contributed by atoms with Gasteiger partial charge in [-0.15, -0.1) is 11.8 Å². The second-order valence-corrected chi connectivity index (χ2v) is 6.04. The van der Waals surface area contributed by atoms with E-state index in [4.69, 9.17) is 9.84 Å². The molecule has 0 aromatic heterocycles. The van der Waals surface area contributed by atoms with Gasteiger partial charge in [-0.25, -0.2) is 0 Å². The average Bonchev–Trinajstić information content (AvgIpc) is 2.83. The topological polar surface area (TPSA) is 83.8 Å². The van der Waals surface area contributed by atoms with Crippen LogP contribution >= 0.6 is 11.8 Å². The van der Waals surface area contributed by atoms with Crippen molar-refractivity contribution >= 4 is 23.7 Å². The van der Waals surface area contributed by atoms with E-state index in [2.05, 4.69) is 0 Å². The Bertz CT molecular complexity index is 341. The summed E-state index contributed by atoms with van der Waals surface area (Å²) in [6.07, 6.45) is 0.714. The summed E-state index contributed by atoms with van der Waals surface area (Å²) in [4.78, 5) is 22.7. The fourth-order valence-corrected chi connectivity index (χ4v) is 3.28. The number of carboxylic acid groups (broad SMARTS) is 1. The minimum Gasteiger partial charge on any atom is -0.481 e. The molecule has 18 heavy (non-hydrogen) atoms. The van der Waals surface area contributed by atoms with Gasteiger partial charge < -0.3 is 14.9 Å². The van der Waals surface area contributed by atoms with Crippen LogP contribution in [0.1, 0.15) is 20.8 Å². The maximum atomic E-state index is 11.7. The zero-order valence-electron chi connectivity index (χ0n) is 11.0. The monoisotopic (exact) mass is 276 g/mol. The Morgan fingerprint density at radius 1 is 1.44 bits per heavy atom. The van der Waals surface area contributed by atoms with Gasteiger partial charge in [0.25, 0.3) is 0 Å². The summed E-state index contributed by atoms with van der Waals surface area (Å²) in [5, 5.41) is 18.6. The van der Waals surface area contributed by atoms with Crippen LogP contribution < -0.4 is 0 Å². The molecule has 2 unspecified atom stereocenters. The summed E-state index contributed by atoms with van der Waals surface area (Å²) in [5.74, 6) is -2.41. The van der Waals surface area contributed by atoms with E-state index in [1.807, 2.05) is 0 Å². The number of carbonyl (C=O) groups is 2. The highest BCUT2D eigenvalue weighted by atomic mass is 32.2. The number of aliphatic hydroxyl groups is 1. The number of esters is 1. The lowest BCUT2D eigenvalue weighted by Crippen LogP contribution is -2.35. The molecule has 1 fully saturated rings. The molecule has 1 saturated carbocycles. The van der Waals surface area contributed by atoms with Crippen molar-refractivity contribution in [3.05, 3.63) is 0 Å². The predicted molar refractivity (Wildman–Crippen MR) is 68.3 cm³/mol. The third-order valence-corrected chi connectivity index (χ3v) is 4.61. The van der Waals surface area contributed by atoms with Crippen molar-refractivity contribution in [2.24, 2.45) is 17.3 Å². The Labute approximate surface area is 111 Å². The summed E-state index contributed by atoms with van der Waals surface area (Å²) >= 11 is 1.19. The molecule has 2 N–H and O–H groups in total. The van der Waals surface area contributed by atoms with Crippen molar-refractivity contribution in [1.82, 2.24) is 0 Å². The van der Waals surface area contributed by atoms with Crippen LogP contribution in [0.3, 0.4) is 0 Å². The summed E-state index contributed by atoms with van der Waals surface area (Å²) < 4.78 is 4.89. The smallest absolute Gasteiger partial charge is 0.321 e. The van der Waals surface area contributed by atoms with E-state index in [0.29, 0.717) is 0 Å². The molecule has 6 heteroatoms. The number of aliphatic carboxylic acids is 1. The zero-order chi connectivity index (χ0) is 14.1. The molecule has 0 aliphatic heterocycles. The van der Waals surface area contributed by atoms with Crippen LogP contribution in [-0.2, 0) is 14.3 Å². The van der Waals surface area contributed by atoms with Gasteiger partial charge in [0.15, 0.2) is 0 Å². The van der Waals surface area contributed by atoms with E-state index in [-0.39, 0.29) is 6.61 Å². The number of aliphatic hydroxyl groups excluding tert-OH is 1. The molecular formula is C12H20O5S. The van der Waals surface area contributed by atoms with Crippen LogP contribution in [0, 0.1) is 17.3 Å². The first-order chi connectivity index (χ1) is 8.28. The fraction of sp³-hybridized carbons (Fsp3) is 0.833. The van der Waals surface area contributed by atoms with Crippen LogP contribution in [0.4, 0.5) is 0 Å².